The average Bonchev–Trinajstić information content (AvgIpc) is 3.11. The predicted molar refractivity (Wildman–Crippen MR) is 233 cm³/mol. The fourth-order valence-corrected chi connectivity index (χ4v) is 9.34. The van der Waals surface area contributed by atoms with E-state index in [1.54, 1.807) is 0 Å². The monoisotopic (exact) mass is 811 g/mol. The molecule has 2 saturated carbocycles. The summed E-state index contributed by atoms with van der Waals surface area (Å²) in [6.45, 7) is 35.9. The van der Waals surface area contributed by atoms with Crippen molar-refractivity contribution in [1.29, 1.82) is 0 Å². The lowest BCUT2D eigenvalue weighted by Crippen LogP contribution is -2.60. The Morgan fingerprint density at radius 1 is 0.509 bits per heavy atom. The minimum Gasteiger partial charge on any atom is -0.499 e. The fraction of sp³-hybridized carbons (Fsp3) is 0.872. The Bertz CT molecular complexity index is 1070. The molecule has 4 rings (SSSR count). The van der Waals surface area contributed by atoms with Gasteiger partial charge in [0.25, 0.3) is 0 Å². The van der Waals surface area contributed by atoms with Crippen molar-refractivity contribution >= 4 is 0 Å². The second kappa shape index (κ2) is 24.6. The number of hydroxylamine groups is 4. The molecule has 0 bridgehead atoms. The maximum Gasteiger partial charge on any atom is 0.101 e. The zero-order valence-corrected chi connectivity index (χ0v) is 37.9. The Labute approximate surface area is 350 Å². The Balaban J connectivity index is 0.000000496. The highest BCUT2D eigenvalue weighted by Gasteiger charge is 2.47. The lowest BCUT2D eigenvalue weighted by molar-refractivity contribution is -0.265. The first kappa shape index (κ1) is 53.4. The van der Waals surface area contributed by atoms with Crippen molar-refractivity contribution in [3.05, 3.63) is 38.5 Å². The van der Waals surface area contributed by atoms with Gasteiger partial charge in [-0.1, -0.05) is 41.0 Å². The van der Waals surface area contributed by atoms with Crippen LogP contribution >= 0.6 is 0 Å². The van der Waals surface area contributed by atoms with Crippen LogP contribution in [-0.2, 0) is 28.4 Å². The highest BCUT2D eigenvalue weighted by Crippen LogP contribution is 2.40. The second-order valence-electron chi connectivity index (χ2n) is 19.3. The van der Waals surface area contributed by atoms with E-state index in [4.69, 9.17) is 28.4 Å². The quantitative estimate of drug-likeness (QED) is 0.146. The third kappa shape index (κ3) is 17.8. The first-order chi connectivity index (χ1) is 26.1. The van der Waals surface area contributed by atoms with Crippen LogP contribution in [-0.4, -0.2) is 97.6 Å². The zero-order chi connectivity index (χ0) is 42.3. The second-order valence-corrected chi connectivity index (χ2v) is 19.3. The normalized spacial score (nSPS) is 28.9. The Morgan fingerprint density at radius 2 is 0.825 bits per heavy atom. The van der Waals surface area contributed by atoms with Crippen LogP contribution < -0.4 is 0 Å². The van der Waals surface area contributed by atoms with E-state index in [1.807, 2.05) is 27.7 Å². The Hall–Kier alpha value is -1.66. The number of rotatable bonds is 16. The van der Waals surface area contributed by atoms with Gasteiger partial charge in [0.1, 0.15) is 6.10 Å². The molecule has 3 unspecified atom stereocenters. The summed E-state index contributed by atoms with van der Waals surface area (Å²) in [5.41, 5.74) is -1.03. The van der Waals surface area contributed by atoms with Crippen molar-refractivity contribution in [2.75, 3.05) is 0 Å². The smallest absolute Gasteiger partial charge is 0.101 e. The maximum absolute atomic E-state index is 10.5. The summed E-state index contributed by atoms with van der Waals surface area (Å²) < 4.78 is 35.1. The van der Waals surface area contributed by atoms with E-state index in [0.717, 1.165) is 96.3 Å². The highest BCUT2D eigenvalue weighted by atomic mass is 16.5. The van der Waals surface area contributed by atoms with Crippen molar-refractivity contribution < 1.29 is 38.8 Å². The van der Waals surface area contributed by atoms with Crippen LogP contribution in [0.4, 0.5) is 0 Å². The lowest BCUT2D eigenvalue weighted by atomic mass is 9.80. The molecule has 57 heavy (non-hydrogen) atoms. The average molecular weight is 811 g/mol. The van der Waals surface area contributed by atoms with Crippen LogP contribution in [0.1, 0.15) is 187 Å². The number of hydrogen-bond donors (Lipinski definition) is 2. The minimum absolute atomic E-state index is 0. The Kier molecular flexibility index (Phi) is 23.0. The molecule has 2 saturated heterocycles. The van der Waals surface area contributed by atoms with Crippen LogP contribution in [0.15, 0.2) is 38.5 Å². The van der Waals surface area contributed by atoms with E-state index >= 15 is 0 Å². The SMILES string of the molecule is C.C=COC1CC(C)(C)N(O)C(C)(C)C1.C=COC1CCC(OC=C)CC1.CCC(C)OC1CCC(OC(C)CC(CC)OC2CC(C)(C)N(O)C(C)(C)C2)CC1. The van der Waals surface area contributed by atoms with Crippen molar-refractivity contribution in [2.24, 2.45) is 0 Å². The first-order valence-electron chi connectivity index (χ1n) is 21.9. The third-order valence-corrected chi connectivity index (χ3v) is 12.2. The first-order valence-corrected chi connectivity index (χ1v) is 21.9. The van der Waals surface area contributed by atoms with Gasteiger partial charge in [0.15, 0.2) is 0 Å². The standard InChI is InChI=1S/C25H49NO4.C11H21NO2.C10H16O2.CH4/c1-9-18(3)28-21-11-13-22(14-12-21)29-19(4)15-20(10-2)30-23-16-24(5,6)26(27)25(7,8)17-23;1-6-14-9-7-10(2,3)12(13)11(4,5)8-9;1-3-11-9-5-7-10(8-6-9)12-4-2;/h18-23,27H,9-17H2,1-8H3;6,9,13H,1,7-8H2,2-5H3;3-4,9-10H,1-2,5-8H2;1H4. The fourth-order valence-electron chi connectivity index (χ4n) is 9.34. The summed E-state index contributed by atoms with van der Waals surface area (Å²) in [7, 11) is 0. The van der Waals surface area contributed by atoms with Gasteiger partial charge in [-0.15, -0.1) is 0 Å². The molecule has 336 valence electrons. The summed E-state index contributed by atoms with van der Waals surface area (Å²) in [6, 6.07) is 0. The molecule has 0 aromatic carbocycles. The van der Waals surface area contributed by atoms with Crippen molar-refractivity contribution in [3.8, 4) is 0 Å². The highest BCUT2D eigenvalue weighted by molar-refractivity contribution is 4.98. The molecule has 0 radical (unpaired) electrons. The van der Waals surface area contributed by atoms with Crippen LogP contribution in [0.3, 0.4) is 0 Å². The van der Waals surface area contributed by atoms with Crippen LogP contribution in [0.2, 0.25) is 0 Å². The molecule has 0 aromatic heterocycles. The van der Waals surface area contributed by atoms with Crippen molar-refractivity contribution in [1.82, 2.24) is 10.1 Å². The molecular weight excluding hydrogens is 721 g/mol. The van der Waals surface area contributed by atoms with Crippen molar-refractivity contribution in [2.45, 2.75) is 264 Å². The third-order valence-electron chi connectivity index (χ3n) is 12.2. The van der Waals surface area contributed by atoms with Gasteiger partial charge < -0.3 is 38.8 Å². The lowest BCUT2D eigenvalue weighted by Gasteiger charge is -2.51. The predicted octanol–water partition coefficient (Wildman–Crippen LogP) is 11.9. The summed E-state index contributed by atoms with van der Waals surface area (Å²) in [5, 5.41) is 23.5. The molecule has 3 atom stereocenters. The molecule has 10 nitrogen and oxygen atoms in total. The van der Waals surface area contributed by atoms with E-state index in [2.05, 4.69) is 75.1 Å². The van der Waals surface area contributed by atoms with Gasteiger partial charge in [-0.2, -0.15) is 10.1 Å². The van der Waals surface area contributed by atoms with E-state index in [0.29, 0.717) is 30.5 Å². The van der Waals surface area contributed by atoms with Gasteiger partial charge in [-0.3, -0.25) is 0 Å². The van der Waals surface area contributed by atoms with Gasteiger partial charge in [0.05, 0.1) is 67.6 Å². The molecule has 4 aliphatic rings. The molecule has 2 aliphatic heterocycles. The molecular formula is C47H90N2O8. The molecule has 2 N–H and O–H groups in total. The van der Waals surface area contributed by atoms with Crippen LogP contribution in [0.25, 0.3) is 0 Å². The van der Waals surface area contributed by atoms with Gasteiger partial charge in [-0.05, 0) is 153 Å². The molecule has 2 heterocycles. The van der Waals surface area contributed by atoms with Crippen LogP contribution in [0, 0.1) is 0 Å². The summed E-state index contributed by atoms with van der Waals surface area (Å²) in [6.07, 6.45) is 22.1. The molecule has 10 heteroatoms. The zero-order valence-electron chi connectivity index (χ0n) is 37.9. The minimum atomic E-state index is -0.275. The molecule has 2 aliphatic carbocycles. The van der Waals surface area contributed by atoms with Gasteiger partial charge in [-0.25, -0.2) is 0 Å². The number of nitrogens with zero attached hydrogens (tertiary/aromatic N) is 2. The maximum atomic E-state index is 10.5. The van der Waals surface area contributed by atoms with Crippen LogP contribution in [0.5, 0.6) is 0 Å². The number of ether oxygens (including phenoxy) is 6. The van der Waals surface area contributed by atoms with E-state index in [9.17, 15) is 10.4 Å². The number of hydrogen-bond acceptors (Lipinski definition) is 10. The van der Waals surface area contributed by atoms with Gasteiger partial charge in [0, 0.05) is 35.0 Å². The topological polar surface area (TPSA) is 102 Å². The molecule has 0 aromatic rings. The van der Waals surface area contributed by atoms with E-state index in [1.165, 1.54) is 28.9 Å². The summed E-state index contributed by atoms with van der Waals surface area (Å²) >= 11 is 0. The van der Waals surface area contributed by atoms with Gasteiger partial charge in [0.2, 0.25) is 0 Å². The molecule has 4 fully saturated rings. The van der Waals surface area contributed by atoms with Gasteiger partial charge >= 0.3 is 0 Å². The summed E-state index contributed by atoms with van der Waals surface area (Å²) in [5.74, 6) is 0. The summed E-state index contributed by atoms with van der Waals surface area (Å²) in [4.78, 5) is 0. The van der Waals surface area contributed by atoms with Crippen molar-refractivity contribution in [3.63, 3.8) is 0 Å². The van der Waals surface area contributed by atoms with E-state index < -0.39 is 0 Å². The van der Waals surface area contributed by atoms with E-state index in [-0.39, 0.29) is 54.0 Å². The molecule has 0 amide bonds. The largest absolute Gasteiger partial charge is 0.499 e. The Morgan fingerprint density at radius 3 is 1.16 bits per heavy atom. The number of piperidine rings is 2. The molecule has 0 spiro atoms.